The third-order valence-electron chi connectivity index (χ3n) is 5.72. The number of fused-ring (bicyclic) bond motifs is 2. The van der Waals surface area contributed by atoms with E-state index in [9.17, 15) is 9.67 Å². The number of ether oxygens (including phenoxy) is 2. The van der Waals surface area contributed by atoms with Crippen molar-refractivity contribution in [3.8, 4) is 11.5 Å². The fourth-order valence-corrected chi connectivity index (χ4v) is 5.48. The van der Waals surface area contributed by atoms with Gasteiger partial charge in [0.25, 0.3) is 0 Å². The summed E-state index contributed by atoms with van der Waals surface area (Å²) in [5.41, 5.74) is 2.65. The molecule has 2 N–H and O–H groups in total. The van der Waals surface area contributed by atoms with Gasteiger partial charge in [-0.25, -0.2) is 9.88 Å². The predicted molar refractivity (Wildman–Crippen MR) is 136 cm³/mol. The maximum Gasteiger partial charge on any atom is 0.379 e. The molecule has 8 nitrogen and oxygen atoms in total. The Morgan fingerprint density at radius 3 is 2.41 bits per heavy atom. The van der Waals surface area contributed by atoms with Crippen molar-refractivity contribution in [3.05, 3.63) is 41.4 Å². The summed E-state index contributed by atoms with van der Waals surface area (Å²) in [5.74, 6) is 0.952. The van der Waals surface area contributed by atoms with Gasteiger partial charge in [0.05, 0.1) is 24.7 Å². The molecule has 3 atom stereocenters. The molecule has 0 aliphatic carbocycles. The van der Waals surface area contributed by atoms with Crippen molar-refractivity contribution < 1.29 is 24.0 Å². The highest BCUT2D eigenvalue weighted by molar-refractivity contribution is 7.25. The van der Waals surface area contributed by atoms with Gasteiger partial charge in [0.1, 0.15) is 0 Å². The van der Waals surface area contributed by atoms with E-state index in [1.165, 1.54) is 7.11 Å². The van der Waals surface area contributed by atoms with Crippen LogP contribution in [0.2, 0.25) is 5.02 Å². The first-order valence-electron chi connectivity index (χ1n) is 11.1. The number of pyridine rings is 1. The highest BCUT2D eigenvalue weighted by Crippen LogP contribution is 2.37. The smallest absolute Gasteiger partial charge is 0.379 e. The van der Waals surface area contributed by atoms with Crippen LogP contribution in [0.25, 0.3) is 21.8 Å². The largest absolute Gasteiger partial charge is 0.493 e. The van der Waals surface area contributed by atoms with E-state index in [0.29, 0.717) is 22.0 Å². The number of benzene rings is 2. The second-order valence-electron chi connectivity index (χ2n) is 8.59. The summed E-state index contributed by atoms with van der Waals surface area (Å²) in [7, 11) is 1.99. The maximum atomic E-state index is 12.2. The first-order valence-corrected chi connectivity index (χ1v) is 12.3. The van der Waals surface area contributed by atoms with Crippen LogP contribution in [0.15, 0.2) is 36.4 Å². The van der Waals surface area contributed by atoms with Crippen molar-refractivity contribution in [2.45, 2.75) is 51.3 Å². The Morgan fingerprint density at radius 2 is 1.82 bits per heavy atom. The van der Waals surface area contributed by atoms with Crippen molar-refractivity contribution in [1.29, 1.82) is 0 Å². The van der Waals surface area contributed by atoms with Crippen molar-refractivity contribution in [2.24, 2.45) is 0 Å². The van der Waals surface area contributed by atoms with Gasteiger partial charge in [-0.1, -0.05) is 22.2 Å². The molecule has 3 aromatic rings. The molecule has 184 valence electrons. The lowest BCUT2D eigenvalue weighted by Gasteiger charge is -2.39. The minimum absolute atomic E-state index is 0.0592. The molecule has 0 saturated carbocycles. The highest BCUT2D eigenvalue weighted by atomic mass is 35.5. The lowest BCUT2D eigenvalue weighted by molar-refractivity contribution is -0.153. The lowest BCUT2D eigenvalue weighted by atomic mass is 10.1. The van der Waals surface area contributed by atoms with Crippen molar-refractivity contribution in [2.75, 3.05) is 20.8 Å². The van der Waals surface area contributed by atoms with Crippen LogP contribution in [0.5, 0.6) is 11.5 Å². The third-order valence-corrected chi connectivity index (χ3v) is 6.84. The molecular formula is C24H32ClN3O5P+. The molecule has 0 aliphatic heterocycles. The van der Waals surface area contributed by atoms with Crippen molar-refractivity contribution in [1.82, 2.24) is 15.4 Å². The number of nitrogens with one attached hydrogen (secondary N) is 1. The molecule has 3 unspecified atom stereocenters. The minimum atomic E-state index is -1.70. The molecule has 0 bridgehead atoms. The number of rotatable bonds is 11. The maximum absolute atomic E-state index is 12.2. The zero-order chi connectivity index (χ0) is 25.0. The summed E-state index contributed by atoms with van der Waals surface area (Å²) in [4.78, 5) is 12.4. The molecule has 0 radical (unpaired) electrons. The topological polar surface area (TPSA) is 93.1 Å². The number of hydroxylamine groups is 1. The average molecular weight is 509 g/mol. The number of hydrogen-bond donors (Lipinski definition) is 2. The van der Waals surface area contributed by atoms with Crippen molar-refractivity contribution in [3.63, 3.8) is 0 Å². The van der Waals surface area contributed by atoms with Crippen LogP contribution in [0, 0.1) is 0 Å². The van der Waals surface area contributed by atoms with E-state index >= 15 is 0 Å². The molecular weight excluding hydrogens is 477 g/mol. The predicted octanol–water partition coefficient (Wildman–Crippen LogP) is 4.74. The number of aliphatic hydroxyl groups is 1. The fourth-order valence-electron chi connectivity index (χ4n) is 4.34. The van der Waals surface area contributed by atoms with Gasteiger partial charge >= 0.3 is 13.9 Å². The first-order chi connectivity index (χ1) is 16.2. The normalized spacial score (nSPS) is 14.9. The Kier molecular flexibility index (Phi) is 8.68. The molecule has 3 rings (SSSR count). The zero-order valence-electron chi connectivity index (χ0n) is 20.3. The number of halogens is 1. The van der Waals surface area contributed by atoms with E-state index in [2.05, 4.69) is 10.5 Å². The fraction of sp³-hybridized carbons (Fsp3) is 0.458. The Bertz CT molecular complexity index is 1150. The molecule has 1 heterocycles. The Hall–Kier alpha value is -2.06. The number of methoxy groups -OCH3 is 2. The van der Waals surface area contributed by atoms with Crippen LogP contribution in [-0.2, 0) is 9.30 Å². The van der Waals surface area contributed by atoms with Gasteiger partial charge in [-0.15, -0.1) is 0 Å². The van der Waals surface area contributed by atoms with Gasteiger partial charge in [0, 0.05) is 35.0 Å². The Balaban J connectivity index is 1.91. The van der Waals surface area contributed by atoms with Gasteiger partial charge in [0.15, 0.2) is 17.6 Å². The van der Waals surface area contributed by atoms with Crippen LogP contribution in [0.1, 0.15) is 27.7 Å². The summed E-state index contributed by atoms with van der Waals surface area (Å²) in [6.07, 6.45) is -0.838. The number of nitrogens with zero attached hydrogens (tertiary/aromatic N) is 2. The van der Waals surface area contributed by atoms with Gasteiger partial charge in [0.2, 0.25) is 0 Å². The molecule has 10 heteroatoms. The monoisotopic (exact) mass is 508 g/mol. The van der Waals surface area contributed by atoms with E-state index in [0.717, 1.165) is 16.3 Å². The van der Waals surface area contributed by atoms with Gasteiger partial charge < -0.3 is 19.4 Å². The molecule has 0 fully saturated rings. The molecule has 2 aromatic carbocycles. The Labute approximate surface area is 206 Å². The Morgan fingerprint density at radius 1 is 1.12 bits per heavy atom. The van der Waals surface area contributed by atoms with Crippen LogP contribution in [-0.4, -0.2) is 59.4 Å². The zero-order valence-corrected chi connectivity index (χ0v) is 22.0. The molecule has 0 spiro atoms. The van der Waals surface area contributed by atoms with Gasteiger partial charge in [-0.2, -0.15) is 5.48 Å². The molecule has 0 aliphatic rings. The summed E-state index contributed by atoms with van der Waals surface area (Å²) < 4.78 is 23.3. The first kappa shape index (κ1) is 26.5. The second-order valence-corrected chi connectivity index (χ2v) is 9.96. The average Bonchev–Trinajstić information content (AvgIpc) is 2.79. The van der Waals surface area contributed by atoms with E-state index in [4.69, 9.17) is 25.9 Å². The van der Waals surface area contributed by atoms with E-state index in [1.807, 2.05) is 52.0 Å². The summed E-state index contributed by atoms with van der Waals surface area (Å²) >= 11 is 6.12. The standard InChI is InChI=1S/C24H31ClN3O5P/c1-14(2)28(15(3)4)24(29,34-30)22(32-6)13-26-33-23-18-11-16-7-8-17(25)12-20(16)27-19(18)9-10-21(23)31-5/h7-12,14-15,22,26,29H,13H2,1-6H3/p+1. The molecule has 0 amide bonds. The summed E-state index contributed by atoms with van der Waals surface area (Å²) in [5, 5.41) is 13.6. The second kappa shape index (κ2) is 11.1. The van der Waals surface area contributed by atoms with Crippen LogP contribution in [0.4, 0.5) is 0 Å². The van der Waals surface area contributed by atoms with Gasteiger partial charge in [-0.3, -0.25) is 0 Å². The SMILES string of the molecule is COc1ccc2nc3cc(Cl)ccc3cc2c1ONCC(OC)C(O)([PH+]=O)N(C(C)C)C(C)C. The molecule has 34 heavy (non-hydrogen) atoms. The summed E-state index contributed by atoms with van der Waals surface area (Å²) in [6, 6.07) is 11.0. The van der Waals surface area contributed by atoms with Gasteiger partial charge in [-0.05, 0) is 58.0 Å². The van der Waals surface area contributed by atoms with E-state index in [1.54, 1.807) is 24.1 Å². The number of aromatic nitrogens is 1. The summed E-state index contributed by atoms with van der Waals surface area (Å²) in [6.45, 7) is 7.81. The van der Waals surface area contributed by atoms with Crippen LogP contribution >= 0.6 is 20.1 Å². The van der Waals surface area contributed by atoms with Crippen molar-refractivity contribution >= 4 is 41.9 Å². The van der Waals surface area contributed by atoms with E-state index < -0.39 is 20.0 Å². The van der Waals surface area contributed by atoms with Crippen LogP contribution in [0.3, 0.4) is 0 Å². The number of hydrogen-bond acceptors (Lipinski definition) is 8. The quantitative estimate of drug-likeness (QED) is 0.166. The van der Waals surface area contributed by atoms with E-state index in [-0.39, 0.29) is 18.6 Å². The van der Waals surface area contributed by atoms with Crippen LogP contribution < -0.4 is 15.1 Å². The molecule has 1 aromatic heterocycles. The molecule has 0 saturated heterocycles. The highest BCUT2D eigenvalue weighted by Gasteiger charge is 2.53. The minimum Gasteiger partial charge on any atom is -0.493 e. The lowest BCUT2D eigenvalue weighted by Crippen LogP contribution is -2.61. The third kappa shape index (κ3) is 5.28.